The lowest BCUT2D eigenvalue weighted by molar-refractivity contribution is 0.0755. The Labute approximate surface area is 162 Å². The van der Waals surface area contributed by atoms with Crippen LogP contribution in [0, 0.1) is 13.8 Å². The molecular weight excluding hydrogens is 332 g/mol. The molecule has 0 saturated heterocycles. The van der Waals surface area contributed by atoms with Gasteiger partial charge in [0.25, 0.3) is 5.91 Å². The third-order valence-corrected chi connectivity index (χ3v) is 4.89. The van der Waals surface area contributed by atoms with E-state index in [0.717, 1.165) is 54.0 Å². The van der Waals surface area contributed by atoms with Crippen LogP contribution in [-0.2, 0) is 0 Å². The first-order valence-corrected chi connectivity index (χ1v) is 9.81. The predicted molar refractivity (Wildman–Crippen MR) is 113 cm³/mol. The van der Waals surface area contributed by atoms with E-state index in [1.807, 2.05) is 43.0 Å². The minimum atomic E-state index is 0.126. The molecule has 27 heavy (non-hydrogen) atoms. The molecule has 0 radical (unpaired) electrons. The van der Waals surface area contributed by atoms with Crippen molar-refractivity contribution in [1.29, 1.82) is 0 Å². The van der Waals surface area contributed by atoms with Crippen LogP contribution in [0.3, 0.4) is 0 Å². The molecule has 2 aromatic carbocycles. The van der Waals surface area contributed by atoms with Gasteiger partial charge in [-0.25, -0.2) is 0 Å². The van der Waals surface area contributed by atoms with Crippen molar-refractivity contribution in [3.05, 3.63) is 65.5 Å². The highest BCUT2D eigenvalue weighted by atomic mass is 16.2. The summed E-state index contributed by atoms with van der Waals surface area (Å²) < 4.78 is 0. The molecule has 0 bridgehead atoms. The smallest absolute Gasteiger partial charge is 0.253 e. The zero-order chi connectivity index (χ0) is 19.4. The number of rotatable bonds is 6. The molecule has 140 valence electrons. The number of pyridine rings is 1. The molecule has 1 aromatic heterocycles. The van der Waals surface area contributed by atoms with Gasteiger partial charge in [0, 0.05) is 35.4 Å². The fourth-order valence-corrected chi connectivity index (χ4v) is 3.62. The zero-order valence-electron chi connectivity index (χ0n) is 16.7. The largest absolute Gasteiger partial charge is 0.339 e. The number of aryl methyl sites for hydroxylation is 2. The van der Waals surface area contributed by atoms with Gasteiger partial charge in [-0.05, 0) is 67.5 Å². The highest BCUT2D eigenvalue weighted by molar-refractivity contribution is 5.95. The van der Waals surface area contributed by atoms with Crippen LogP contribution >= 0.6 is 0 Å². The van der Waals surface area contributed by atoms with Crippen molar-refractivity contribution >= 4 is 16.7 Å². The molecule has 3 aromatic rings. The summed E-state index contributed by atoms with van der Waals surface area (Å²) >= 11 is 0. The lowest BCUT2D eigenvalue weighted by Crippen LogP contribution is -2.32. The van der Waals surface area contributed by atoms with E-state index in [1.54, 1.807) is 0 Å². The summed E-state index contributed by atoms with van der Waals surface area (Å²) in [5, 5.41) is 2.39. The maximum atomic E-state index is 12.7. The van der Waals surface area contributed by atoms with Crippen LogP contribution < -0.4 is 0 Å². The van der Waals surface area contributed by atoms with Crippen LogP contribution in [0.4, 0.5) is 0 Å². The number of hydrogen-bond donors (Lipinski definition) is 0. The molecule has 0 saturated carbocycles. The van der Waals surface area contributed by atoms with Crippen molar-refractivity contribution in [1.82, 2.24) is 9.88 Å². The van der Waals surface area contributed by atoms with Crippen LogP contribution in [0.25, 0.3) is 21.9 Å². The minimum absolute atomic E-state index is 0.126. The second-order valence-electron chi connectivity index (χ2n) is 7.15. The summed E-state index contributed by atoms with van der Waals surface area (Å²) in [4.78, 5) is 19.2. The summed E-state index contributed by atoms with van der Waals surface area (Å²) in [5.41, 5.74) is 5.13. The van der Waals surface area contributed by atoms with E-state index in [0.29, 0.717) is 0 Å². The van der Waals surface area contributed by atoms with Gasteiger partial charge in [0.05, 0.1) is 0 Å². The molecule has 0 fully saturated rings. The minimum Gasteiger partial charge on any atom is -0.339 e. The quantitative estimate of drug-likeness (QED) is 0.558. The Kier molecular flexibility index (Phi) is 5.90. The molecule has 3 rings (SSSR count). The number of amides is 1. The van der Waals surface area contributed by atoms with Gasteiger partial charge in [0.1, 0.15) is 0 Å². The standard InChI is InChI=1S/C24H28N2O/c1-5-13-26(14-6-2)24(27)20-9-7-19(8-10-20)21-11-12-23-18(4)25-17(3)15-22(23)16-21/h7-12,15-16H,5-6,13-14H2,1-4H3. The fourth-order valence-electron chi connectivity index (χ4n) is 3.62. The van der Waals surface area contributed by atoms with Crippen molar-refractivity contribution in [3.63, 3.8) is 0 Å². The maximum Gasteiger partial charge on any atom is 0.253 e. The monoisotopic (exact) mass is 360 g/mol. The zero-order valence-corrected chi connectivity index (χ0v) is 16.7. The second-order valence-corrected chi connectivity index (χ2v) is 7.15. The summed E-state index contributed by atoms with van der Waals surface area (Å²) in [5.74, 6) is 0.126. The first-order valence-electron chi connectivity index (χ1n) is 9.81. The second kappa shape index (κ2) is 8.34. The van der Waals surface area contributed by atoms with Crippen molar-refractivity contribution in [2.45, 2.75) is 40.5 Å². The van der Waals surface area contributed by atoms with Crippen LogP contribution in [0.5, 0.6) is 0 Å². The Hall–Kier alpha value is -2.68. The van der Waals surface area contributed by atoms with Gasteiger partial charge in [-0.15, -0.1) is 0 Å². The van der Waals surface area contributed by atoms with Gasteiger partial charge < -0.3 is 4.90 Å². The van der Waals surface area contributed by atoms with Crippen molar-refractivity contribution in [2.24, 2.45) is 0 Å². The summed E-state index contributed by atoms with van der Waals surface area (Å²) in [6.45, 7) is 9.92. The number of hydrogen-bond acceptors (Lipinski definition) is 2. The van der Waals surface area contributed by atoms with Crippen LogP contribution in [0.15, 0.2) is 48.5 Å². The average molecular weight is 361 g/mol. The Morgan fingerprint density at radius 1 is 0.889 bits per heavy atom. The Bertz CT molecular complexity index is 939. The Morgan fingerprint density at radius 2 is 1.52 bits per heavy atom. The highest BCUT2D eigenvalue weighted by Gasteiger charge is 2.14. The lowest BCUT2D eigenvalue weighted by Gasteiger charge is -2.21. The topological polar surface area (TPSA) is 33.2 Å². The normalized spacial score (nSPS) is 11.0. The van der Waals surface area contributed by atoms with Crippen LogP contribution in [-0.4, -0.2) is 28.9 Å². The van der Waals surface area contributed by atoms with Crippen molar-refractivity contribution in [2.75, 3.05) is 13.1 Å². The van der Waals surface area contributed by atoms with E-state index in [-0.39, 0.29) is 5.91 Å². The molecule has 1 heterocycles. The summed E-state index contributed by atoms with van der Waals surface area (Å²) in [7, 11) is 0. The summed E-state index contributed by atoms with van der Waals surface area (Å²) in [6.07, 6.45) is 1.96. The molecule has 0 aliphatic heterocycles. The third-order valence-electron chi connectivity index (χ3n) is 4.89. The Morgan fingerprint density at radius 3 is 2.15 bits per heavy atom. The van der Waals surface area contributed by atoms with E-state index >= 15 is 0 Å². The summed E-state index contributed by atoms with van der Waals surface area (Å²) in [6, 6.07) is 16.6. The van der Waals surface area contributed by atoms with E-state index < -0.39 is 0 Å². The molecule has 0 unspecified atom stereocenters. The number of fused-ring (bicyclic) bond motifs is 1. The maximum absolute atomic E-state index is 12.7. The fraction of sp³-hybridized carbons (Fsp3) is 0.333. The first-order chi connectivity index (χ1) is 13.0. The Balaban J connectivity index is 1.89. The molecule has 0 aliphatic carbocycles. The number of carbonyl (C=O) groups is 1. The van der Waals surface area contributed by atoms with Gasteiger partial charge in [-0.2, -0.15) is 0 Å². The van der Waals surface area contributed by atoms with E-state index in [4.69, 9.17) is 0 Å². The predicted octanol–water partition coefficient (Wildman–Crippen LogP) is 5.78. The number of aromatic nitrogens is 1. The highest BCUT2D eigenvalue weighted by Crippen LogP contribution is 2.26. The molecule has 1 amide bonds. The van der Waals surface area contributed by atoms with Gasteiger partial charge >= 0.3 is 0 Å². The molecule has 0 N–H and O–H groups in total. The van der Waals surface area contributed by atoms with Gasteiger partial charge in [0.15, 0.2) is 0 Å². The van der Waals surface area contributed by atoms with Gasteiger partial charge in [-0.1, -0.05) is 38.1 Å². The third kappa shape index (κ3) is 4.19. The lowest BCUT2D eigenvalue weighted by atomic mass is 9.99. The van der Waals surface area contributed by atoms with Crippen LogP contribution in [0.2, 0.25) is 0 Å². The van der Waals surface area contributed by atoms with Crippen molar-refractivity contribution < 1.29 is 4.79 Å². The SMILES string of the molecule is CCCN(CCC)C(=O)c1ccc(-c2ccc3c(C)nc(C)cc3c2)cc1. The van der Waals surface area contributed by atoms with Crippen molar-refractivity contribution in [3.8, 4) is 11.1 Å². The number of carbonyl (C=O) groups excluding carboxylic acids is 1. The van der Waals surface area contributed by atoms with Crippen LogP contribution in [0.1, 0.15) is 48.4 Å². The van der Waals surface area contributed by atoms with Gasteiger partial charge in [0.2, 0.25) is 0 Å². The molecule has 3 heteroatoms. The molecular formula is C24H28N2O. The number of nitrogens with zero attached hydrogens (tertiary/aromatic N) is 2. The molecule has 0 spiro atoms. The van der Waals surface area contributed by atoms with Gasteiger partial charge in [-0.3, -0.25) is 9.78 Å². The molecule has 3 nitrogen and oxygen atoms in total. The molecule has 0 aliphatic rings. The van der Waals surface area contributed by atoms with E-state index in [2.05, 4.69) is 43.1 Å². The van der Waals surface area contributed by atoms with E-state index in [9.17, 15) is 4.79 Å². The first kappa shape index (κ1) is 19.1. The number of benzene rings is 2. The van der Waals surface area contributed by atoms with E-state index in [1.165, 1.54) is 10.8 Å². The average Bonchev–Trinajstić information content (AvgIpc) is 2.67. The molecule has 0 atom stereocenters.